The summed E-state index contributed by atoms with van der Waals surface area (Å²) in [6.45, 7) is 1.22. The Labute approximate surface area is 110 Å². The minimum Gasteiger partial charge on any atom is -0.361 e. The average molecular weight is 260 g/mol. The summed E-state index contributed by atoms with van der Waals surface area (Å²) in [7, 11) is 0. The number of amides is 2. The number of carbonyl (C=O) groups excluding carboxylic acids is 2. The summed E-state index contributed by atoms with van der Waals surface area (Å²) in [6, 6.07) is 6.89. The second-order valence-electron chi connectivity index (χ2n) is 4.40. The molecule has 5 N–H and O–H groups in total. The summed E-state index contributed by atoms with van der Waals surface area (Å²) in [4.78, 5) is 25.9. The third-order valence-electron chi connectivity index (χ3n) is 3.01. The molecule has 2 aromatic rings. The molecule has 0 aliphatic rings. The first kappa shape index (κ1) is 13.3. The molecule has 1 heterocycles. The largest absolute Gasteiger partial charge is 0.361 e. The van der Waals surface area contributed by atoms with Crippen molar-refractivity contribution in [3.63, 3.8) is 0 Å². The van der Waals surface area contributed by atoms with Gasteiger partial charge >= 0.3 is 0 Å². The van der Waals surface area contributed by atoms with Crippen LogP contribution < -0.4 is 11.6 Å². The number of aromatic nitrogens is 1. The Kier molecular flexibility index (Phi) is 3.64. The van der Waals surface area contributed by atoms with E-state index in [1.807, 2.05) is 30.5 Å². The van der Waals surface area contributed by atoms with Gasteiger partial charge in [-0.05, 0) is 18.1 Å². The number of H-pyrrole nitrogens is 1. The van der Waals surface area contributed by atoms with Crippen LogP contribution in [0.5, 0.6) is 0 Å². The Balaban J connectivity index is 2.17. The standard InChI is InChI=1S/C13H16N4O2/c1-8(18)17(15)13(19)11(14)6-9-7-16-12-5-3-2-4-10(9)12/h2-5,7,11,16H,6,14-15H2,1H3/t11-/m0/s1. The van der Waals surface area contributed by atoms with Crippen molar-refractivity contribution >= 4 is 22.7 Å². The molecule has 19 heavy (non-hydrogen) atoms. The predicted octanol–water partition coefficient (Wildman–Crippen LogP) is 0.287. The molecule has 0 aliphatic heterocycles. The summed E-state index contributed by atoms with van der Waals surface area (Å²) >= 11 is 0. The molecular weight excluding hydrogens is 244 g/mol. The molecular formula is C13H16N4O2. The number of imide groups is 1. The summed E-state index contributed by atoms with van der Waals surface area (Å²) in [6.07, 6.45) is 2.14. The molecule has 0 fully saturated rings. The smallest absolute Gasteiger partial charge is 0.260 e. The quantitative estimate of drug-likeness (QED) is 0.419. The van der Waals surface area contributed by atoms with E-state index in [0.29, 0.717) is 11.4 Å². The van der Waals surface area contributed by atoms with Gasteiger partial charge in [-0.25, -0.2) is 10.9 Å². The SMILES string of the molecule is CC(=O)N(N)C(=O)[C@@H](N)Cc1c[nH]c2ccccc12. The van der Waals surface area contributed by atoms with Crippen molar-refractivity contribution in [3.05, 3.63) is 36.0 Å². The third kappa shape index (κ3) is 2.64. The van der Waals surface area contributed by atoms with Crippen LogP contribution in [0.4, 0.5) is 0 Å². The predicted molar refractivity (Wildman–Crippen MR) is 71.7 cm³/mol. The van der Waals surface area contributed by atoms with Crippen LogP contribution in [-0.2, 0) is 16.0 Å². The van der Waals surface area contributed by atoms with Crippen molar-refractivity contribution in [1.82, 2.24) is 9.99 Å². The average Bonchev–Trinajstić information content (AvgIpc) is 2.80. The molecule has 0 unspecified atom stereocenters. The van der Waals surface area contributed by atoms with Crippen molar-refractivity contribution in [3.8, 4) is 0 Å². The van der Waals surface area contributed by atoms with E-state index in [1.165, 1.54) is 6.92 Å². The Bertz CT molecular complexity index is 620. The Hall–Kier alpha value is -2.18. The lowest BCUT2D eigenvalue weighted by molar-refractivity contribution is -0.144. The van der Waals surface area contributed by atoms with Crippen molar-refractivity contribution in [2.24, 2.45) is 11.6 Å². The van der Waals surface area contributed by atoms with Crippen molar-refractivity contribution in [2.45, 2.75) is 19.4 Å². The van der Waals surface area contributed by atoms with Gasteiger partial charge in [-0.1, -0.05) is 18.2 Å². The fourth-order valence-corrected chi connectivity index (χ4v) is 1.96. The van der Waals surface area contributed by atoms with Crippen molar-refractivity contribution in [2.75, 3.05) is 0 Å². The van der Waals surface area contributed by atoms with Gasteiger partial charge in [0.15, 0.2) is 0 Å². The van der Waals surface area contributed by atoms with E-state index in [0.717, 1.165) is 16.5 Å². The van der Waals surface area contributed by atoms with Gasteiger partial charge in [-0.2, -0.15) is 0 Å². The van der Waals surface area contributed by atoms with E-state index >= 15 is 0 Å². The molecule has 0 saturated heterocycles. The summed E-state index contributed by atoms with van der Waals surface area (Å²) in [5.41, 5.74) is 7.71. The van der Waals surface area contributed by atoms with E-state index in [4.69, 9.17) is 11.6 Å². The highest BCUT2D eigenvalue weighted by atomic mass is 16.2. The number of benzene rings is 1. The number of hydrogen-bond acceptors (Lipinski definition) is 4. The number of hydrogen-bond donors (Lipinski definition) is 3. The Morgan fingerprint density at radius 2 is 2.05 bits per heavy atom. The van der Waals surface area contributed by atoms with E-state index < -0.39 is 17.9 Å². The Morgan fingerprint density at radius 3 is 2.74 bits per heavy atom. The second-order valence-corrected chi connectivity index (χ2v) is 4.40. The molecule has 2 amide bonds. The lowest BCUT2D eigenvalue weighted by Gasteiger charge is -2.17. The highest BCUT2D eigenvalue weighted by Gasteiger charge is 2.22. The van der Waals surface area contributed by atoms with Gasteiger partial charge in [0.05, 0.1) is 6.04 Å². The van der Waals surface area contributed by atoms with Crippen LogP contribution in [0.1, 0.15) is 12.5 Å². The zero-order valence-corrected chi connectivity index (χ0v) is 10.6. The molecule has 1 atom stereocenters. The molecule has 0 radical (unpaired) electrons. The molecule has 6 nitrogen and oxygen atoms in total. The summed E-state index contributed by atoms with van der Waals surface area (Å²) in [5.74, 6) is 4.24. The molecule has 0 bridgehead atoms. The molecule has 0 saturated carbocycles. The maximum atomic E-state index is 11.8. The lowest BCUT2D eigenvalue weighted by Crippen LogP contribution is -2.50. The van der Waals surface area contributed by atoms with Crippen LogP contribution in [-0.4, -0.2) is 27.8 Å². The number of nitrogens with zero attached hydrogens (tertiary/aromatic N) is 1. The molecule has 2 rings (SSSR count). The zero-order valence-electron chi connectivity index (χ0n) is 10.6. The normalized spacial score (nSPS) is 12.4. The van der Waals surface area contributed by atoms with Gasteiger partial charge in [0, 0.05) is 24.0 Å². The fraction of sp³-hybridized carbons (Fsp3) is 0.231. The minimum absolute atomic E-state index is 0.323. The van der Waals surface area contributed by atoms with Crippen molar-refractivity contribution in [1.29, 1.82) is 0 Å². The first-order chi connectivity index (χ1) is 9.00. The molecule has 0 aliphatic carbocycles. The van der Waals surface area contributed by atoms with Gasteiger partial charge in [0.25, 0.3) is 5.91 Å². The molecule has 100 valence electrons. The zero-order chi connectivity index (χ0) is 14.0. The molecule has 1 aromatic carbocycles. The molecule has 0 spiro atoms. The number of para-hydroxylation sites is 1. The fourth-order valence-electron chi connectivity index (χ4n) is 1.96. The number of carbonyl (C=O) groups is 2. The van der Waals surface area contributed by atoms with Gasteiger partial charge in [0.1, 0.15) is 0 Å². The van der Waals surface area contributed by atoms with E-state index in [2.05, 4.69) is 4.98 Å². The van der Waals surface area contributed by atoms with Crippen LogP contribution in [0, 0.1) is 0 Å². The number of hydrazine groups is 1. The van der Waals surface area contributed by atoms with Gasteiger partial charge in [0.2, 0.25) is 5.91 Å². The number of aromatic amines is 1. The van der Waals surface area contributed by atoms with Gasteiger partial charge in [-0.3, -0.25) is 9.59 Å². The molecule has 6 heteroatoms. The maximum Gasteiger partial charge on any atom is 0.260 e. The number of fused-ring (bicyclic) bond motifs is 1. The summed E-state index contributed by atoms with van der Waals surface area (Å²) < 4.78 is 0. The monoisotopic (exact) mass is 260 g/mol. The van der Waals surface area contributed by atoms with Crippen LogP contribution in [0.25, 0.3) is 10.9 Å². The lowest BCUT2D eigenvalue weighted by atomic mass is 10.0. The number of nitrogens with two attached hydrogens (primary N) is 2. The van der Waals surface area contributed by atoms with Crippen LogP contribution in [0.3, 0.4) is 0 Å². The molecule has 1 aromatic heterocycles. The second kappa shape index (κ2) is 5.21. The highest BCUT2D eigenvalue weighted by molar-refractivity contribution is 5.96. The number of rotatable bonds is 3. The van der Waals surface area contributed by atoms with E-state index in [-0.39, 0.29) is 0 Å². The maximum absolute atomic E-state index is 11.8. The first-order valence-corrected chi connectivity index (χ1v) is 5.90. The van der Waals surface area contributed by atoms with Crippen LogP contribution in [0.15, 0.2) is 30.5 Å². The van der Waals surface area contributed by atoms with E-state index in [9.17, 15) is 9.59 Å². The minimum atomic E-state index is -0.840. The van der Waals surface area contributed by atoms with Gasteiger partial charge in [-0.15, -0.1) is 0 Å². The van der Waals surface area contributed by atoms with Crippen LogP contribution in [0.2, 0.25) is 0 Å². The van der Waals surface area contributed by atoms with Gasteiger partial charge < -0.3 is 10.7 Å². The highest BCUT2D eigenvalue weighted by Crippen LogP contribution is 2.18. The first-order valence-electron chi connectivity index (χ1n) is 5.90. The topological polar surface area (TPSA) is 105 Å². The summed E-state index contributed by atoms with van der Waals surface area (Å²) in [5, 5.41) is 1.57. The van der Waals surface area contributed by atoms with Crippen molar-refractivity contribution < 1.29 is 9.59 Å². The third-order valence-corrected chi connectivity index (χ3v) is 3.01. The van der Waals surface area contributed by atoms with E-state index in [1.54, 1.807) is 0 Å². The Morgan fingerprint density at radius 1 is 1.37 bits per heavy atom. The van der Waals surface area contributed by atoms with Crippen LogP contribution >= 0.6 is 0 Å². The number of nitrogens with one attached hydrogen (secondary N) is 1.